The van der Waals surface area contributed by atoms with E-state index in [1.807, 2.05) is 53.9 Å². The molecule has 0 radical (unpaired) electrons. The number of phenolic OH excluding ortho intramolecular Hbond substituents is 2. The molecule has 5 aliphatic rings. The number of carbonyl (C=O) groups is 2. The van der Waals surface area contributed by atoms with E-state index in [1.165, 1.54) is 6.07 Å². The number of benzene rings is 1. The third-order valence-corrected chi connectivity index (χ3v) is 8.22. The van der Waals surface area contributed by atoms with Gasteiger partial charge in [0.15, 0.2) is 22.8 Å². The first kappa shape index (κ1) is 24.8. The minimum absolute atomic E-state index is 0.0442. The SMILES string of the molecule is CC(C)=CCc1c(O)cc(O)c2c1O[C@@]13C(=C[C@H]4C(=O)[C@]1(CC=C(C)C)OC[C@@H]3[C@H]4CN(C)C)C2=O. The van der Waals surface area contributed by atoms with E-state index in [4.69, 9.17) is 9.47 Å². The Hall–Kier alpha value is -2.90. The first-order chi connectivity index (χ1) is 16.9. The van der Waals surface area contributed by atoms with Crippen molar-refractivity contribution < 1.29 is 29.3 Å². The molecule has 0 unspecified atom stereocenters. The monoisotopic (exact) mass is 493 g/mol. The van der Waals surface area contributed by atoms with Gasteiger partial charge >= 0.3 is 0 Å². The Balaban J connectivity index is 1.78. The molecule has 5 atom stereocenters. The van der Waals surface area contributed by atoms with Crippen LogP contribution >= 0.6 is 0 Å². The molecule has 1 spiro atoms. The van der Waals surface area contributed by atoms with Crippen molar-refractivity contribution in [1.82, 2.24) is 4.90 Å². The zero-order valence-electron chi connectivity index (χ0n) is 21.8. The van der Waals surface area contributed by atoms with Gasteiger partial charge in [-0.05, 0) is 54.1 Å². The first-order valence-electron chi connectivity index (χ1n) is 12.6. The van der Waals surface area contributed by atoms with Gasteiger partial charge in [0.2, 0.25) is 0 Å². The van der Waals surface area contributed by atoms with Crippen molar-refractivity contribution >= 4 is 11.6 Å². The molecule has 2 fully saturated rings. The van der Waals surface area contributed by atoms with E-state index in [2.05, 4.69) is 4.90 Å². The molecule has 4 bridgehead atoms. The Bertz CT molecular complexity index is 1250. The fraction of sp³-hybridized carbons (Fsp3) is 0.517. The molecule has 2 heterocycles. The summed E-state index contributed by atoms with van der Waals surface area (Å²) in [4.78, 5) is 30.3. The second-order valence-electron chi connectivity index (χ2n) is 11.4. The maximum absolute atomic E-state index is 14.2. The van der Waals surface area contributed by atoms with Crippen LogP contribution in [0.3, 0.4) is 0 Å². The molecule has 0 aromatic heterocycles. The molecule has 6 rings (SSSR count). The second kappa shape index (κ2) is 8.32. The van der Waals surface area contributed by atoms with Gasteiger partial charge in [-0.2, -0.15) is 0 Å². The van der Waals surface area contributed by atoms with Crippen LogP contribution in [0.5, 0.6) is 17.2 Å². The number of carbonyl (C=O) groups excluding carboxylic acids is 2. The summed E-state index contributed by atoms with van der Waals surface area (Å²) in [7, 11) is 3.94. The molecule has 0 amide bonds. The summed E-state index contributed by atoms with van der Waals surface area (Å²) < 4.78 is 13.3. The molecule has 2 aliphatic heterocycles. The number of aromatic hydroxyl groups is 2. The lowest BCUT2D eigenvalue weighted by Crippen LogP contribution is -2.74. The summed E-state index contributed by atoms with van der Waals surface area (Å²) in [5.41, 5.74) is 0.284. The molecule has 1 aromatic rings. The lowest BCUT2D eigenvalue weighted by Gasteiger charge is -2.58. The average molecular weight is 494 g/mol. The highest BCUT2D eigenvalue weighted by Gasteiger charge is 2.79. The van der Waals surface area contributed by atoms with Crippen LogP contribution in [-0.4, -0.2) is 65.1 Å². The van der Waals surface area contributed by atoms with Crippen LogP contribution in [0, 0.1) is 17.8 Å². The maximum Gasteiger partial charge on any atom is 0.200 e. The fourth-order valence-corrected chi connectivity index (χ4v) is 6.65. The molecule has 192 valence electrons. The standard InChI is InChI=1S/C29H35NO6/c1-15(2)7-8-17-22(31)12-23(32)24-25(33)20-11-18-19(13-30(5)6)21-14-35-28(27(18)34,10-9-16(3)4)29(20,21)36-26(17)24/h7,9,11-12,18-19,21,31-32H,8,10,13-14H2,1-6H3/t18-,19+,21-,28+,29-/m1/s1. The summed E-state index contributed by atoms with van der Waals surface area (Å²) in [6.07, 6.45) is 6.30. The van der Waals surface area contributed by atoms with Crippen molar-refractivity contribution in [3.8, 4) is 17.2 Å². The highest BCUT2D eigenvalue weighted by molar-refractivity contribution is 6.18. The minimum Gasteiger partial charge on any atom is -0.507 e. The Morgan fingerprint density at radius 1 is 1.11 bits per heavy atom. The normalized spacial score (nSPS) is 31.5. The van der Waals surface area contributed by atoms with Gasteiger partial charge in [0.25, 0.3) is 0 Å². The van der Waals surface area contributed by atoms with Gasteiger partial charge in [-0.25, -0.2) is 0 Å². The van der Waals surface area contributed by atoms with Gasteiger partial charge < -0.3 is 24.6 Å². The zero-order chi connectivity index (χ0) is 26.2. The molecule has 1 aromatic carbocycles. The van der Waals surface area contributed by atoms with E-state index < -0.39 is 17.1 Å². The van der Waals surface area contributed by atoms with E-state index in [-0.39, 0.29) is 46.2 Å². The Morgan fingerprint density at radius 3 is 2.44 bits per heavy atom. The molecule has 2 N–H and O–H groups in total. The largest absolute Gasteiger partial charge is 0.507 e. The second-order valence-corrected chi connectivity index (χ2v) is 11.4. The van der Waals surface area contributed by atoms with Crippen LogP contribution in [0.15, 0.2) is 41.0 Å². The molecule has 7 heteroatoms. The molecule has 36 heavy (non-hydrogen) atoms. The van der Waals surface area contributed by atoms with Crippen molar-refractivity contribution in [3.63, 3.8) is 0 Å². The van der Waals surface area contributed by atoms with E-state index in [9.17, 15) is 19.8 Å². The summed E-state index contributed by atoms with van der Waals surface area (Å²) in [5, 5.41) is 21.6. The lowest BCUT2D eigenvalue weighted by atomic mass is 9.49. The maximum atomic E-state index is 14.2. The number of allylic oxidation sites excluding steroid dienone is 4. The number of ether oxygens (including phenoxy) is 2. The third-order valence-electron chi connectivity index (χ3n) is 8.22. The van der Waals surface area contributed by atoms with Crippen molar-refractivity contribution in [1.29, 1.82) is 0 Å². The first-order valence-corrected chi connectivity index (χ1v) is 12.6. The Morgan fingerprint density at radius 2 is 1.81 bits per heavy atom. The van der Waals surface area contributed by atoms with Crippen molar-refractivity contribution in [2.24, 2.45) is 17.8 Å². The highest BCUT2D eigenvalue weighted by atomic mass is 16.6. The zero-order valence-corrected chi connectivity index (χ0v) is 21.8. The smallest absolute Gasteiger partial charge is 0.200 e. The predicted molar refractivity (Wildman–Crippen MR) is 135 cm³/mol. The van der Waals surface area contributed by atoms with Crippen molar-refractivity contribution in [3.05, 3.63) is 52.1 Å². The number of rotatable bonds is 6. The van der Waals surface area contributed by atoms with Gasteiger partial charge in [-0.3, -0.25) is 9.59 Å². The van der Waals surface area contributed by atoms with Gasteiger partial charge in [0.1, 0.15) is 22.8 Å². The number of nitrogens with zero attached hydrogens (tertiary/aromatic N) is 1. The highest BCUT2D eigenvalue weighted by Crippen LogP contribution is 2.65. The van der Waals surface area contributed by atoms with E-state index in [1.54, 1.807) is 6.08 Å². The van der Waals surface area contributed by atoms with Crippen molar-refractivity contribution in [2.45, 2.75) is 51.7 Å². The number of phenols is 2. The summed E-state index contributed by atoms with van der Waals surface area (Å²) in [5.74, 6) is -1.52. The van der Waals surface area contributed by atoms with Crippen LogP contribution < -0.4 is 4.74 Å². The average Bonchev–Trinajstić information content (AvgIpc) is 3.06. The Labute approximate surface area is 212 Å². The fourth-order valence-electron chi connectivity index (χ4n) is 6.65. The quantitative estimate of drug-likeness (QED) is 0.579. The number of ketones is 2. The number of hydrogen-bond acceptors (Lipinski definition) is 7. The van der Waals surface area contributed by atoms with Gasteiger partial charge in [0.05, 0.1) is 6.61 Å². The van der Waals surface area contributed by atoms with Crippen LogP contribution in [0.1, 0.15) is 50.0 Å². The molecular weight excluding hydrogens is 458 g/mol. The van der Waals surface area contributed by atoms with Crippen LogP contribution in [0.25, 0.3) is 0 Å². The topological polar surface area (TPSA) is 96.3 Å². The van der Waals surface area contributed by atoms with E-state index >= 15 is 0 Å². The minimum atomic E-state index is -1.34. The molecule has 1 saturated carbocycles. The van der Waals surface area contributed by atoms with Crippen LogP contribution in [-0.2, 0) is 16.0 Å². The van der Waals surface area contributed by atoms with E-state index in [0.717, 1.165) is 11.1 Å². The summed E-state index contributed by atoms with van der Waals surface area (Å²) >= 11 is 0. The van der Waals surface area contributed by atoms with Crippen LogP contribution in [0.2, 0.25) is 0 Å². The number of Topliss-reactive ketones (excluding diaryl/α,β-unsaturated/α-hetero) is 2. The molecule has 3 aliphatic carbocycles. The Kier molecular flexibility index (Phi) is 5.72. The predicted octanol–water partition coefficient (Wildman–Crippen LogP) is 3.98. The summed E-state index contributed by atoms with van der Waals surface area (Å²) in [6, 6.07) is 1.21. The van der Waals surface area contributed by atoms with Crippen LogP contribution in [0.4, 0.5) is 0 Å². The summed E-state index contributed by atoms with van der Waals surface area (Å²) in [6.45, 7) is 8.78. The van der Waals surface area contributed by atoms with E-state index in [0.29, 0.717) is 37.1 Å². The third kappa shape index (κ3) is 3.18. The van der Waals surface area contributed by atoms with Crippen molar-refractivity contribution in [2.75, 3.05) is 27.2 Å². The molecule has 1 saturated heterocycles. The number of fused-ring (bicyclic) bond motifs is 1. The lowest BCUT2D eigenvalue weighted by molar-refractivity contribution is -0.171. The van der Waals surface area contributed by atoms with Gasteiger partial charge in [-0.15, -0.1) is 0 Å². The van der Waals surface area contributed by atoms with Gasteiger partial charge in [-0.1, -0.05) is 29.4 Å². The van der Waals surface area contributed by atoms with Gasteiger partial charge in [0, 0.05) is 42.0 Å². The molecular formula is C29H35NO6. The molecule has 7 nitrogen and oxygen atoms in total. The number of hydrogen-bond donors (Lipinski definition) is 2.